The van der Waals surface area contributed by atoms with E-state index in [1.54, 1.807) is 14.2 Å². The number of imidazole rings is 1. The normalized spacial score (nSPS) is 17.6. The Labute approximate surface area is 204 Å². The van der Waals surface area contributed by atoms with Crippen LogP contribution < -0.4 is 9.47 Å². The van der Waals surface area contributed by atoms with Crippen molar-refractivity contribution in [3.8, 4) is 17.2 Å². The molecule has 1 aliphatic rings. The molecule has 2 unspecified atom stereocenters. The van der Waals surface area contributed by atoms with Crippen LogP contribution in [0, 0.1) is 13.8 Å². The first-order chi connectivity index (χ1) is 16.1. The van der Waals surface area contributed by atoms with Gasteiger partial charge in [-0.05, 0) is 38.1 Å². The number of fused-ring (bicyclic) bond motifs is 3. The Hall–Kier alpha value is -2.59. The Kier molecular flexibility index (Phi) is 6.91. The van der Waals surface area contributed by atoms with Gasteiger partial charge in [0.1, 0.15) is 18.0 Å². The van der Waals surface area contributed by atoms with Crippen molar-refractivity contribution >= 4 is 21.7 Å². The molecule has 182 valence electrons. The molecule has 0 fully saturated rings. The molecule has 2 heterocycles. The van der Waals surface area contributed by atoms with Gasteiger partial charge in [-0.1, -0.05) is 23.7 Å². The van der Waals surface area contributed by atoms with Gasteiger partial charge < -0.3 is 14.2 Å². The van der Waals surface area contributed by atoms with Crippen LogP contribution in [-0.2, 0) is 19.0 Å². The summed E-state index contributed by atoms with van der Waals surface area (Å²) in [6.07, 6.45) is 0.135. The van der Waals surface area contributed by atoms with Crippen LogP contribution in [0.4, 0.5) is 0 Å². The molecule has 0 saturated carbocycles. The monoisotopic (exact) mass is 506 g/mol. The third-order valence-corrected chi connectivity index (χ3v) is 6.69. The molecule has 1 aromatic heterocycles. The second kappa shape index (κ2) is 9.58. The van der Waals surface area contributed by atoms with Crippen LogP contribution in [0.1, 0.15) is 47.0 Å². The second-order valence-electron chi connectivity index (χ2n) is 8.08. The fourth-order valence-corrected chi connectivity index (χ4v) is 4.84. The van der Waals surface area contributed by atoms with Crippen LogP contribution in [0.5, 0.6) is 11.5 Å². The average Bonchev–Trinajstić information content (AvgIpc) is 3.01. The number of aromatic nitrogens is 2. The van der Waals surface area contributed by atoms with Crippen molar-refractivity contribution in [3.63, 3.8) is 0 Å². The zero-order valence-corrected chi connectivity index (χ0v) is 21.2. The van der Waals surface area contributed by atoms with Gasteiger partial charge in [-0.3, -0.25) is 8.75 Å². The van der Waals surface area contributed by atoms with Crippen molar-refractivity contribution in [1.82, 2.24) is 9.55 Å². The van der Waals surface area contributed by atoms with Crippen LogP contribution in [-0.4, -0.2) is 45.1 Å². The summed E-state index contributed by atoms with van der Waals surface area (Å²) in [5, 5.41) is 0.559. The van der Waals surface area contributed by atoms with Crippen molar-refractivity contribution in [3.05, 3.63) is 69.8 Å². The maximum atomic E-state index is 11.6. The van der Waals surface area contributed by atoms with E-state index in [0.29, 0.717) is 22.3 Å². The van der Waals surface area contributed by atoms with Gasteiger partial charge in [0.25, 0.3) is 10.1 Å². The Morgan fingerprint density at radius 2 is 1.88 bits per heavy atom. The minimum atomic E-state index is -3.60. The molecular weight excluding hydrogens is 480 g/mol. The van der Waals surface area contributed by atoms with Gasteiger partial charge in [-0.25, -0.2) is 4.98 Å². The Morgan fingerprint density at radius 3 is 2.56 bits per heavy atom. The number of benzene rings is 2. The van der Waals surface area contributed by atoms with Crippen LogP contribution in [0.3, 0.4) is 0 Å². The molecule has 10 heteroatoms. The topological polar surface area (TPSA) is 88.9 Å². The van der Waals surface area contributed by atoms with Gasteiger partial charge in [-0.15, -0.1) is 0 Å². The molecule has 0 aliphatic carbocycles. The lowest BCUT2D eigenvalue weighted by molar-refractivity contribution is -0.00747. The summed E-state index contributed by atoms with van der Waals surface area (Å²) >= 11 is 6.43. The number of nitrogens with zero attached hydrogens (tertiary/aromatic N) is 2. The standard InChI is InChI=1S/C24H27ClN2O6S/c1-14-15(2)27-19-10-9-16(25)13-18(19)22(17-7-6-8-20(30-3)23(17)31-4)33-21(24(27)26-14)11-12-32-34(5,28)29/h6-10,13,21-22H,11-12H2,1-5H3. The number of para-hydroxylation sites is 1. The Bertz CT molecular complexity index is 1320. The molecule has 8 nitrogen and oxygen atoms in total. The predicted octanol–water partition coefficient (Wildman–Crippen LogP) is 4.69. The molecule has 3 aromatic rings. The lowest BCUT2D eigenvalue weighted by Gasteiger charge is -2.25. The van der Waals surface area contributed by atoms with Gasteiger partial charge in [0.2, 0.25) is 0 Å². The van der Waals surface area contributed by atoms with Crippen molar-refractivity contribution < 1.29 is 26.8 Å². The maximum absolute atomic E-state index is 11.6. The number of hydrogen-bond acceptors (Lipinski definition) is 7. The first-order valence-electron chi connectivity index (χ1n) is 10.7. The highest BCUT2D eigenvalue weighted by atomic mass is 35.5. The highest BCUT2D eigenvalue weighted by molar-refractivity contribution is 7.85. The van der Waals surface area contributed by atoms with Crippen molar-refractivity contribution in [2.24, 2.45) is 0 Å². The fraction of sp³-hybridized carbons (Fsp3) is 0.375. The van der Waals surface area contributed by atoms with Gasteiger partial charge in [0, 0.05) is 28.3 Å². The smallest absolute Gasteiger partial charge is 0.264 e. The number of ether oxygens (including phenoxy) is 3. The first kappa shape index (κ1) is 24.5. The highest BCUT2D eigenvalue weighted by Crippen LogP contribution is 2.46. The van der Waals surface area contributed by atoms with Crippen LogP contribution in [0.25, 0.3) is 5.69 Å². The molecule has 1 aliphatic heterocycles. The Balaban J connectivity index is 1.92. The molecule has 2 aromatic carbocycles. The number of methoxy groups -OCH3 is 2. The van der Waals surface area contributed by atoms with Crippen molar-refractivity contribution in [1.29, 1.82) is 0 Å². The third-order valence-electron chi connectivity index (χ3n) is 5.86. The van der Waals surface area contributed by atoms with E-state index < -0.39 is 22.3 Å². The largest absolute Gasteiger partial charge is 0.493 e. The van der Waals surface area contributed by atoms with Gasteiger partial charge >= 0.3 is 0 Å². The molecule has 0 amide bonds. The summed E-state index contributed by atoms with van der Waals surface area (Å²) in [6, 6.07) is 11.2. The fourth-order valence-electron chi connectivity index (χ4n) is 4.26. The van der Waals surface area contributed by atoms with Crippen molar-refractivity contribution in [2.75, 3.05) is 27.1 Å². The molecular formula is C24H27ClN2O6S. The molecule has 0 saturated heterocycles. The lowest BCUT2D eigenvalue weighted by atomic mass is 9.98. The zero-order chi connectivity index (χ0) is 24.6. The van der Waals surface area contributed by atoms with Crippen LogP contribution in [0.2, 0.25) is 5.02 Å². The van der Waals surface area contributed by atoms with E-state index in [1.807, 2.05) is 54.8 Å². The summed E-state index contributed by atoms with van der Waals surface area (Å²) in [4.78, 5) is 4.78. The van der Waals surface area contributed by atoms with E-state index in [-0.39, 0.29) is 13.0 Å². The molecule has 0 N–H and O–H groups in total. The van der Waals surface area contributed by atoms with Gasteiger partial charge in [0.15, 0.2) is 11.5 Å². The summed E-state index contributed by atoms with van der Waals surface area (Å²) < 4.78 is 48.1. The third kappa shape index (κ3) is 4.65. The summed E-state index contributed by atoms with van der Waals surface area (Å²) in [6.45, 7) is 3.87. The van der Waals surface area contributed by atoms with Gasteiger partial charge in [0.05, 0.1) is 38.5 Å². The number of halogens is 1. The SMILES string of the molecule is COc1cccc(C2OC(CCOS(C)(=O)=O)c3nc(C)c(C)n3-c3ccc(Cl)cc32)c1OC. The zero-order valence-electron chi connectivity index (χ0n) is 19.7. The van der Waals surface area contributed by atoms with E-state index in [4.69, 9.17) is 35.0 Å². The Morgan fingerprint density at radius 1 is 1.12 bits per heavy atom. The molecule has 0 bridgehead atoms. The maximum Gasteiger partial charge on any atom is 0.264 e. The highest BCUT2D eigenvalue weighted by Gasteiger charge is 2.35. The predicted molar refractivity (Wildman–Crippen MR) is 129 cm³/mol. The molecule has 2 atom stereocenters. The quantitative estimate of drug-likeness (QED) is 0.429. The molecule has 0 spiro atoms. The summed E-state index contributed by atoms with van der Waals surface area (Å²) in [7, 11) is -0.443. The number of rotatable bonds is 7. The number of aryl methyl sites for hydroxylation is 1. The minimum absolute atomic E-state index is 0.0481. The average molecular weight is 507 g/mol. The summed E-state index contributed by atoms with van der Waals surface area (Å²) in [5.41, 5.74) is 4.26. The van der Waals surface area contributed by atoms with Crippen molar-refractivity contribution in [2.45, 2.75) is 32.5 Å². The first-order valence-corrected chi connectivity index (χ1v) is 12.9. The van der Waals surface area contributed by atoms with Crippen LogP contribution in [0.15, 0.2) is 36.4 Å². The molecule has 4 rings (SSSR count). The lowest BCUT2D eigenvalue weighted by Crippen LogP contribution is -2.15. The minimum Gasteiger partial charge on any atom is -0.493 e. The second-order valence-corrected chi connectivity index (χ2v) is 10.2. The van der Waals surface area contributed by atoms with E-state index in [9.17, 15) is 8.42 Å². The summed E-state index contributed by atoms with van der Waals surface area (Å²) in [5.74, 6) is 1.78. The van der Waals surface area contributed by atoms with Gasteiger partial charge in [-0.2, -0.15) is 8.42 Å². The molecule has 0 radical (unpaired) electrons. The van der Waals surface area contributed by atoms with E-state index in [0.717, 1.165) is 34.5 Å². The van der Waals surface area contributed by atoms with E-state index in [2.05, 4.69) is 0 Å². The van der Waals surface area contributed by atoms with E-state index in [1.165, 1.54) is 0 Å². The van der Waals surface area contributed by atoms with E-state index >= 15 is 0 Å². The van der Waals surface area contributed by atoms with Crippen LogP contribution >= 0.6 is 11.6 Å². The number of hydrogen-bond donors (Lipinski definition) is 0. The molecule has 34 heavy (non-hydrogen) atoms.